The van der Waals surface area contributed by atoms with Crippen molar-refractivity contribution in [3.63, 3.8) is 0 Å². The molecule has 6 aliphatic rings. The molecule has 12 unspecified atom stereocenters. The molecule has 30 atom stereocenters. The summed E-state index contributed by atoms with van der Waals surface area (Å²) in [5.41, 5.74) is 0. The third-order valence-corrected chi connectivity index (χ3v) is 13.1. The van der Waals surface area contributed by atoms with Crippen molar-refractivity contribution in [1.82, 2.24) is 5.32 Å². The van der Waals surface area contributed by atoms with Crippen LogP contribution in [0.5, 0.6) is 0 Å². The first-order valence-corrected chi connectivity index (χ1v) is 23.0. The van der Waals surface area contributed by atoms with E-state index in [9.17, 15) is 76.3 Å². The normalized spacial score (nSPS) is 52.1. The van der Waals surface area contributed by atoms with Crippen LogP contribution in [0, 0.1) is 0 Å². The monoisotopic (exact) mass is 1010 g/mol. The molecule has 0 aromatic heterocycles. The molecule has 402 valence electrons. The lowest BCUT2D eigenvalue weighted by Gasteiger charge is -2.51. The lowest BCUT2D eigenvalue weighted by atomic mass is 9.94. The van der Waals surface area contributed by atoms with Gasteiger partial charge in [0.15, 0.2) is 37.7 Å². The SMILES string of the molecule is CCCO[C@@H]1OC(C)[C@H](O)[C@H](O)C1O[C@@H]1OC(C)[C@H](O)[C@H](O[C@H]2O[C@@H](CO)[C@@H](O)C(O)C2O)C1O[C@@H]1OC(CO)[C@@H](O)[C@H](O[C@@H]2OC(C)[C@H](O)[C@H](O[C@@H]3OC(C)[C@H](O)[C@H](O)C3O)C2O)C1NC(C)=O. The Labute approximate surface area is 395 Å². The van der Waals surface area contributed by atoms with Gasteiger partial charge in [0, 0.05) is 13.5 Å². The maximum atomic E-state index is 13.0. The summed E-state index contributed by atoms with van der Waals surface area (Å²) in [7, 11) is 0. The van der Waals surface area contributed by atoms with E-state index in [2.05, 4.69) is 5.32 Å². The molecule has 6 rings (SSSR count). The van der Waals surface area contributed by atoms with Gasteiger partial charge in [0.2, 0.25) is 5.91 Å². The van der Waals surface area contributed by atoms with Crippen molar-refractivity contribution >= 4 is 5.91 Å². The predicted octanol–water partition coefficient (Wildman–Crippen LogP) is -8.41. The fourth-order valence-corrected chi connectivity index (χ4v) is 8.99. The number of aliphatic hydroxyl groups is 14. The van der Waals surface area contributed by atoms with Crippen molar-refractivity contribution in [3.8, 4) is 0 Å². The minimum absolute atomic E-state index is 0.0941. The summed E-state index contributed by atoms with van der Waals surface area (Å²) in [6, 6.07) is -1.71. The van der Waals surface area contributed by atoms with Crippen molar-refractivity contribution < 1.29 is 133 Å². The Hall–Kier alpha value is -1.57. The zero-order valence-corrected chi connectivity index (χ0v) is 38.7. The first-order valence-electron chi connectivity index (χ1n) is 23.0. The minimum Gasteiger partial charge on any atom is -0.394 e. The maximum Gasteiger partial charge on any atom is 0.217 e. The molecule has 0 aromatic carbocycles. The Kier molecular flexibility index (Phi) is 19.9. The van der Waals surface area contributed by atoms with E-state index >= 15 is 0 Å². The topological polar surface area (TPSA) is 423 Å². The third-order valence-electron chi connectivity index (χ3n) is 13.1. The second-order valence-electron chi connectivity index (χ2n) is 18.3. The van der Waals surface area contributed by atoms with E-state index in [1.807, 2.05) is 0 Å². The molecule has 28 heteroatoms. The van der Waals surface area contributed by atoms with Crippen molar-refractivity contribution in [2.24, 2.45) is 0 Å². The van der Waals surface area contributed by atoms with Crippen molar-refractivity contribution in [3.05, 3.63) is 0 Å². The lowest BCUT2D eigenvalue weighted by molar-refractivity contribution is -0.406. The van der Waals surface area contributed by atoms with Crippen LogP contribution in [0.1, 0.15) is 48.0 Å². The van der Waals surface area contributed by atoms with Gasteiger partial charge in [0.1, 0.15) is 122 Å². The second-order valence-corrected chi connectivity index (χ2v) is 18.3. The fraction of sp³-hybridized carbons (Fsp3) is 0.976. The van der Waals surface area contributed by atoms with Gasteiger partial charge in [-0.25, -0.2) is 0 Å². The van der Waals surface area contributed by atoms with Gasteiger partial charge in [-0.2, -0.15) is 0 Å². The number of rotatable bonds is 16. The highest BCUT2D eigenvalue weighted by Gasteiger charge is 2.58. The standard InChI is InChI=1S/C41H71NO27/c1-7-8-58-40-34(27(54)20(47)12(3)61-40)68-41-35(33(22(49)14(5)62-41)67-38-29(56)26(53)23(50)16(9-43)64-38)69-36-18(42-15(6)45)31(24(51)17(10-44)63-36)65-39-30(57)32(21(48)13(4)60-39)66-37-28(55)25(52)19(46)11(2)59-37/h11-14,16-41,43-44,46-57H,7-10H2,1-6H3,(H,42,45)/t11?,12?,13?,14?,16-,17?,18?,19-,20-,21-,22-,23+,24+,25-,26?,27-,28?,29?,30?,31+,32-,33-,34?,35?,36-,37-,38+,39-,40+,41-/m0/s1. The smallest absolute Gasteiger partial charge is 0.217 e. The Balaban J connectivity index is 1.35. The molecule has 1 amide bonds. The Bertz CT molecular complexity index is 1610. The van der Waals surface area contributed by atoms with Crippen LogP contribution >= 0.6 is 0 Å². The minimum atomic E-state index is -2.03. The first-order chi connectivity index (χ1) is 32.5. The van der Waals surface area contributed by atoms with Crippen LogP contribution in [-0.2, 0) is 61.6 Å². The van der Waals surface area contributed by atoms with Gasteiger partial charge in [-0.1, -0.05) is 6.92 Å². The van der Waals surface area contributed by atoms with E-state index in [1.54, 1.807) is 6.92 Å². The lowest BCUT2D eigenvalue weighted by Crippen LogP contribution is -2.70. The van der Waals surface area contributed by atoms with Crippen LogP contribution < -0.4 is 5.32 Å². The number of amides is 1. The highest BCUT2D eigenvalue weighted by molar-refractivity contribution is 5.73. The largest absolute Gasteiger partial charge is 0.394 e. The molecule has 0 aliphatic carbocycles. The number of hydrogen-bond acceptors (Lipinski definition) is 27. The molecule has 15 N–H and O–H groups in total. The summed E-state index contributed by atoms with van der Waals surface area (Å²) in [5, 5.41) is 155. The van der Waals surface area contributed by atoms with Crippen LogP contribution in [0.2, 0.25) is 0 Å². The van der Waals surface area contributed by atoms with E-state index in [0.29, 0.717) is 6.42 Å². The highest BCUT2D eigenvalue weighted by Crippen LogP contribution is 2.38. The molecule has 0 radical (unpaired) electrons. The van der Waals surface area contributed by atoms with Crippen LogP contribution in [0.4, 0.5) is 0 Å². The quantitative estimate of drug-likeness (QED) is 0.0683. The van der Waals surface area contributed by atoms with Gasteiger partial charge in [0.25, 0.3) is 0 Å². The Morgan fingerprint density at radius 3 is 1.42 bits per heavy atom. The molecule has 28 nitrogen and oxygen atoms in total. The van der Waals surface area contributed by atoms with Crippen LogP contribution in [0.15, 0.2) is 0 Å². The number of aliphatic hydroxyl groups excluding tert-OH is 14. The van der Waals surface area contributed by atoms with Gasteiger partial charge >= 0.3 is 0 Å². The summed E-state index contributed by atoms with van der Waals surface area (Å²) < 4.78 is 71.5. The summed E-state index contributed by atoms with van der Waals surface area (Å²) in [6.07, 6.45) is -48.3. The van der Waals surface area contributed by atoms with Gasteiger partial charge in [-0.3, -0.25) is 4.79 Å². The molecule has 0 saturated carbocycles. The molecule has 6 fully saturated rings. The van der Waals surface area contributed by atoms with Gasteiger partial charge in [0.05, 0.1) is 37.6 Å². The number of ether oxygens (including phenoxy) is 12. The maximum absolute atomic E-state index is 13.0. The predicted molar refractivity (Wildman–Crippen MR) is 219 cm³/mol. The average Bonchev–Trinajstić information content (AvgIpc) is 3.31. The number of carbonyl (C=O) groups is 1. The molecule has 6 heterocycles. The van der Waals surface area contributed by atoms with E-state index in [-0.39, 0.29) is 6.61 Å². The third kappa shape index (κ3) is 12.2. The van der Waals surface area contributed by atoms with E-state index in [1.165, 1.54) is 27.7 Å². The van der Waals surface area contributed by atoms with Crippen LogP contribution in [0.3, 0.4) is 0 Å². The molecule has 6 aliphatic heterocycles. The average molecular weight is 1010 g/mol. The molecule has 6 saturated heterocycles. The van der Waals surface area contributed by atoms with E-state index < -0.39 is 203 Å². The van der Waals surface area contributed by atoms with Crippen LogP contribution in [0.25, 0.3) is 0 Å². The number of hydrogen-bond donors (Lipinski definition) is 15. The zero-order valence-electron chi connectivity index (χ0n) is 38.7. The van der Waals surface area contributed by atoms with Crippen molar-refractivity contribution in [2.45, 2.75) is 232 Å². The van der Waals surface area contributed by atoms with Gasteiger partial charge in [-0.05, 0) is 34.1 Å². The summed E-state index contributed by atoms with van der Waals surface area (Å²) in [4.78, 5) is 13.0. The van der Waals surface area contributed by atoms with E-state index in [0.717, 1.165) is 6.92 Å². The molecule has 0 spiro atoms. The van der Waals surface area contributed by atoms with Crippen molar-refractivity contribution in [2.75, 3.05) is 19.8 Å². The Morgan fingerprint density at radius 2 is 0.841 bits per heavy atom. The second kappa shape index (κ2) is 24.2. The number of carbonyl (C=O) groups excluding carboxylic acids is 1. The molecular formula is C41H71NO27. The fourth-order valence-electron chi connectivity index (χ4n) is 8.99. The first kappa shape index (κ1) is 56.7. The molecule has 69 heavy (non-hydrogen) atoms. The molecule has 0 aromatic rings. The van der Waals surface area contributed by atoms with Crippen molar-refractivity contribution in [1.29, 1.82) is 0 Å². The van der Waals surface area contributed by atoms with Crippen LogP contribution in [-0.4, -0.2) is 281 Å². The van der Waals surface area contributed by atoms with Gasteiger partial charge in [-0.15, -0.1) is 0 Å². The summed E-state index contributed by atoms with van der Waals surface area (Å²) in [6.45, 7) is 6.70. The molecule has 0 bridgehead atoms. The summed E-state index contributed by atoms with van der Waals surface area (Å²) >= 11 is 0. The highest BCUT2D eigenvalue weighted by atomic mass is 16.8. The number of nitrogens with one attached hydrogen (secondary N) is 1. The van der Waals surface area contributed by atoms with Gasteiger partial charge < -0.3 is 134 Å². The molecular weight excluding hydrogens is 938 g/mol. The summed E-state index contributed by atoms with van der Waals surface area (Å²) in [5.74, 6) is -0.800. The van der Waals surface area contributed by atoms with E-state index in [4.69, 9.17) is 56.8 Å². The Morgan fingerprint density at radius 1 is 0.420 bits per heavy atom. The zero-order chi connectivity index (χ0) is 50.9.